The van der Waals surface area contributed by atoms with Crippen molar-refractivity contribution >= 4 is 11.6 Å². The van der Waals surface area contributed by atoms with Gasteiger partial charge >= 0.3 is 0 Å². The Labute approximate surface area is 173 Å². The third-order valence-corrected chi connectivity index (χ3v) is 5.97. The Morgan fingerprint density at radius 1 is 1.33 bits per heavy atom. The van der Waals surface area contributed by atoms with E-state index in [9.17, 15) is 14.9 Å². The molecular formula is C22H21N3O5. The molecule has 2 aromatic carbocycles. The number of fused-ring (bicyclic) bond motifs is 2. The number of nitro groups is 1. The third-order valence-electron chi connectivity index (χ3n) is 5.97. The molecule has 2 aliphatic rings. The Hall–Kier alpha value is -3.57. The number of hydrogen-bond donors (Lipinski definition) is 1. The average Bonchev–Trinajstić information content (AvgIpc) is 3.22. The zero-order chi connectivity index (χ0) is 21.5. The Morgan fingerprint density at radius 2 is 2.10 bits per heavy atom. The van der Waals surface area contributed by atoms with Crippen molar-refractivity contribution in [3.05, 3.63) is 63.7 Å². The molecule has 8 heteroatoms. The SMILES string of the molecule is C#CCOc1ccc([C@@H]2CN(C)[C@@]3(C(=O)Nc4ccccc43)[C@@H]2[N+](=O)[O-])cc1OC. The molecule has 1 saturated heterocycles. The number of ether oxygens (including phenoxy) is 2. The monoisotopic (exact) mass is 407 g/mol. The van der Waals surface area contributed by atoms with E-state index in [2.05, 4.69) is 11.2 Å². The number of amides is 1. The summed E-state index contributed by atoms with van der Waals surface area (Å²) in [5, 5.41) is 15.2. The van der Waals surface area contributed by atoms with Crippen LogP contribution in [0.5, 0.6) is 11.5 Å². The minimum atomic E-state index is -1.38. The van der Waals surface area contributed by atoms with E-state index in [-0.39, 0.29) is 17.4 Å². The molecule has 2 aliphatic heterocycles. The molecule has 0 aliphatic carbocycles. The number of methoxy groups -OCH3 is 1. The van der Waals surface area contributed by atoms with Gasteiger partial charge in [-0.05, 0) is 30.8 Å². The van der Waals surface area contributed by atoms with Crippen molar-refractivity contribution in [2.24, 2.45) is 0 Å². The van der Waals surface area contributed by atoms with Crippen LogP contribution in [-0.4, -0.2) is 49.1 Å². The second kappa shape index (κ2) is 7.35. The van der Waals surface area contributed by atoms with Gasteiger partial charge in [0.15, 0.2) is 17.0 Å². The minimum Gasteiger partial charge on any atom is -0.493 e. The first kappa shape index (κ1) is 19.7. The number of likely N-dealkylation sites (tertiary alicyclic amines) is 1. The van der Waals surface area contributed by atoms with Crippen LogP contribution in [0.3, 0.4) is 0 Å². The lowest BCUT2D eigenvalue weighted by Gasteiger charge is -2.30. The third kappa shape index (κ3) is 2.70. The fourth-order valence-corrected chi connectivity index (χ4v) is 4.73. The molecule has 4 rings (SSSR count). The van der Waals surface area contributed by atoms with E-state index in [0.717, 1.165) is 0 Å². The van der Waals surface area contributed by atoms with Gasteiger partial charge in [0.05, 0.1) is 13.0 Å². The maximum atomic E-state index is 13.1. The van der Waals surface area contributed by atoms with Crippen molar-refractivity contribution in [2.75, 3.05) is 32.6 Å². The van der Waals surface area contributed by atoms with Gasteiger partial charge in [-0.15, -0.1) is 6.42 Å². The highest BCUT2D eigenvalue weighted by molar-refractivity contribution is 6.06. The van der Waals surface area contributed by atoms with Gasteiger partial charge in [0, 0.05) is 22.7 Å². The average molecular weight is 407 g/mol. The first-order valence-corrected chi connectivity index (χ1v) is 9.45. The van der Waals surface area contributed by atoms with Gasteiger partial charge in [0.1, 0.15) is 6.61 Å². The van der Waals surface area contributed by atoms with Crippen molar-refractivity contribution in [1.82, 2.24) is 4.90 Å². The fourth-order valence-electron chi connectivity index (χ4n) is 4.73. The van der Waals surface area contributed by atoms with Crippen LogP contribution >= 0.6 is 0 Å². The van der Waals surface area contributed by atoms with Crippen LogP contribution in [0.4, 0.5) is 5.69 Å². The molecule has 30 heavy (non-hydrogen) atoms. The summed E-state index contributed by atoms with van der Waals surface area (Å²) in [5.41, 5.74) is 0.555. The van der Waals surface area contributed by atoms with Crippen molar-refractivity contribution in [2.45, 2.75) is 17.5 Å². The Balaban J connectivity index is 1.81. The Kier molecular flexibility index (Phi) is 4.84. The normalized spacial score (nSPS) is 24.9. The molecule has 1 amide bonds. The first-order valence-electron chi connectivity index (χ1n) is 9.45. The number of likely N-dealkylation sites (N-methyl/N-ethyl adjacent to an activating group) is 1. The largest absolute Gasteiger partial charge is 0.493 e. The molecule has 3 atom stereocenters. The molecule has 1 spiro atoms. The van der Waals surface area contributed by atoms with Crippen LogP contribution in [0.2, 0.25) is 0 Å². The van der Waals surface area contributed by atoms with E-state index < -0.39 is 17.5 Å². The minimum absolute atomic E-state index is 0.0828. The molecule has 0 radical (unpaired) electrons. The first-order chi connectivity index (χ1) is 14.4. The van der Waals surface area contributed by atoms with E-state index in [0.29, 0.717) is 34.9 Å². The molecule has 1 fully saturated rings. The van der Waals surface area contributed by atoms with Crippen LogP contribution < -0.4 is 14.8 Å². The number of anilines is 1. The molecule has 2 heterocycles. The van der Waals surface area contributed by atoms with Crippen molar-refractivity contribution in [1.29, 1.82) is 0 Å². The predicted molar refractivity (Wildman–Crippen MR) is 110 cm³/mol. The quantitative estimate of drug-likeness (QED) is 0.464. The summed E-state index contributed by atoms with van der Waals surface area (Å²) in [6.45, 7) is 0.417. The smallest absolute Gasteiger partial charge is 0.256 e. The molecule has 2 aromatic rings. The van der Waals surface area contributed by atoms with Crippen LogP contribution in [0.1, 0.15) is 17.0 Å². The summed E-state index contributed by atoms with van der Waals surface area (Å²) in [5.74, 6) is 2.38. The van der Waals surface area contributed by atoms with Crippen molar-refractivity contribution in [3.63, 3.8) is 0 Å². The van der Waals surface area contributed by atoms with Gasteiger partial charge in [-0.3, -0.25) is 19.8 Å². The number of hydrogen-bond acceptors (Lipinski definition) is 6. The summed E-state index contributed by atoms with van der Waals surface area (Å²) >= 11 is 0. The predicted octanol–water partition coefficient (Wildman–Crippen LogP) is 2.23. The topological polar surface area (TPSA) is 93.9 Å². The summed E-state index contributed by atoms with van der Waals surface area (Å²) < 4.78 is 10.9. The maximum Gasteiger partial charge on any atom is 0.256 e. The highest BCUT2D eigenvalue weighted by Crippen LogP contribution is 2.52. The zero-order valence-electron chi connectivity index (χ0n) is 16.6. The Morgan fingerprint density at radius 3 is 2.80 bits per heavy atom. The zero-order valence-corrected chi connectivity index (χ0v) is 16.6. The Bertz CT molecular complexity index is 1060. The van der Waals surface area contributed by atoms with Crippen molar-refractivity contribution < 1.29 is 19.2 Å². The van der Waals surface area contributed by atoms with Crippen LogP contribution in [0, 0.1) is 22.5 Å². The van der Waals surface area contributed by atoms with Gasteiger partial charge in [-0.25, -0.2) is 0 Å². The van der Waals surface area contributed by atoms with Gasteiger partial charge < -0.3 is 14.8 Å². The molecular weight excluding hydrogens is 386 g/mol. The van der Waals surface area contributed by atoms with Crippen LogP contribution in [0.25, 0.3) is 0 Å². The fraction of sp³-hybridized carbons (Fsp3) is 0.318. The molecule has 154 valence electrons. The number of carbonyl (C=O) groups is 1. The van der Waals surface area contributed by atoms with E-state index in [1.807, 2.05) is 0 Å². The second-order valence-electron chi connectivity index (χ2n) is 7.39. The molecule has 0 unspecified atom stereocenters. The highest BCUT2D eigenvalue weighted by Gasteiger charge is 2.68. The number of nitrogens with one attached hydrogen (secondary N) is 1. The lowest BCUT2D eigenvalue weighted by Crippen LogP contribution is -2.54. The number of carbonyl (C=O) groups excluding carboxylic acids is 1. The number of para-hydroxylation sites is 1. The molecule has 0 aromatic heterocycles. The van der Waals surface area contributed by atoms with Crippen molar-refractivity contribution in [3.8, 4) is 23.8 Å². The van der Waals surface area contributed by atoms with Gasteiger partial charge in [0.2, 0.25) is 0 Å². The lowest BCUT2D eigenvalue weighted by molar-refractivity contribution is -0.534. The molecule has 0 bridgehead atoms. The van der Waals surface area contributed by atoms with Gasteiger partial charge in [-0.2, -0.15) is 0 Å². The number of rotatable bonds is 5. The van der Waals surface area contributed by atoms with E-state index in [1.54, 1.807) is 54.4 Å². The summed E-state index contributed by atoms with van der Waals surface area (Å²) in [4.78, 5) is 26.9. The summed E-state index contributed by atoms with van der Waals surface area (Å²) in [6, 6.07) is 11.1. The van der Waals surface area contributed by atoms with E-state index in [1.165, 1.54) is 7.11 Å². The number of nitrogens with zero attached hydrogens (tertiary/aromatic N) is 2. The summed E-state index contributed by atoms with van der Waals surface area (Å²) in [7, 11) is 3.25. The standard InChI is InChI=1S/C22H21N3O5/c1-4-11-30-18-10-9-14(12-19(18)29-3)15-13-24(2)22(20(15)25(27)28)16-7-5-6-8-17(16)23-21(22)26/h1,5-10,12,15,20H,11,13H2,2-3H3,(H,23,26)/t15-,20+,22+/m0/s1. The highest BCUT2D eigenvalue weighted by atomic mass is 16.6. The summed E-state index contributed by atoms with van der Waals surface area (Å²) in [6.07, 6.45) is 5.25. The number of benzene rings is 2. The lowest BCUT2D eigenvalue weighted by atomic mass is 9.79. The van der Waals surface area contributed by atoms with E-state index in [4.69, 9.17) is 15.9 Å². The number of terminal acetylenes is 1. The van der Waals surface area contributed by atoms with E-state index >= 15 is 0 Å². The molecule has 0 saturated carbocycles. The molecule has 1 N–H and O–H groups in total. The molecule has 8 nitrogen and oxygen atoms in total. The van der Waals surface area contributed by atoms with Gasteiger partial charge in [-0.1, -0.05) is 30.2 Å². The maximum absolute atomic E-state index is 13.1. The van der Waals surface area contributed by atoms with Crippen LogP contribution in [-0.2, 0) is 10.3 Å². The van der Waals surface area contributed by atoms with Gasteiger partial charge in [0.25, 0.3) is 11.9 Å². The van der Waals surface area contributed by atoms with Crippen LogP contribution in [0.15, 0.2) is 42.5 Å². The second-order valence-corrected chi connectivity index (χ2v) is 7.39.